The van der Waals surface area contributed by atoms with E-state index >= 15 is 4.39 Å². The van der Waals surface area contributed by atoms with Crippen LogP contribution in [-0.2, 0) is 24.8 Å². The van der Waals surface area contributed by atoms with Gasteiger partial charge in [0.15, 0.2) is 11.6 Å². The molecule has 17 heteroatoms. The summed E-state index contributed by atoms with van der Waals surface area (Å²) in [6.07, 6.45) is -0.632. The van der Waals surface area contributed by atoms with Gasteiger partial charge in [0.25, 0.3) is 10.0 Å². The highest BCUT2D eigenvalue weighted by Crippen LogP contribution is 2.41. The predicted molar refractivity (Wildman–Crippen MR) is 130 cm³/mol. The van der Waals surface area contributed by atoms with Crippen molar-refractivity contribution in [1.29, 1.82) is 0 Å². The number of carbonyl (C=O) groups is 1. The van der Waals surface area contributed by atoms with Gasteiger partial charge in [0.1, 0.15) is 16.6 Å². The number of hydrogen-bond acceptors (Lipinski definition) is 8. The molecular formula is C20H30F3N5O7S2. The third-order valence-electron chi connectivity index (χ3n) is 4.80. The molecule has 0 bridgehead atoms. The summed E-state index contributed by atoms with van der Waals surface area (Å²) in [5.74, 6) is -1.63. The predicted octanol–water partition coefficient (Wildman–Crippen LogP) is 3.07. The molecule has 0 unspecified atom stereocenters. The Morgan fingerprint density at radius 1 is 1.30 bits per heavy atom. The zero-order chi connectivity index (χ0) is 27.9. The topological polar surface area (TPSA) is 149 Å². The first-order valence-corrected chi connectivity index (χ1v) is 14.0. The molecule has 12 nitrogen and oxygen atoms in total. The van der Waals surface area contributed by atoms with Crippen molar-refractivity contribution < 1.29 is 47.1 Å². The van der Waals surface area contributed by atoms with Crippen LogP contribution in [0.25, 0.3) is 0 Å². The Morgan fingerprint density at radius 3 is 2.49 bits per heavy atom. The number of nitrogens with one attached hydrogen (secondary N) is 2. The molecule has 0 aliphatic carbocycles. The number of rotatable bonds is 7. The molecule has 1 atom stereocenters. The molecule has 0 radical (unpaired) electrons. The molecule has 0 saturated carbocycles. The highest BCUT2D eigenvalue weighted by atomic mass is 32.2. The van der Waals surface area contributed by atoms with Crippen molar-refractivity contribution >= 4 is 37.5 Å². The van der Waals surface area contributed by atoms with Crippen LogP contribution in [0.2, 0.25) is 0 Å². The van der Waals surface area contributed by atoms with Gasteiger partial charge < -0.3 is 9.47 Å². The molecular weight excluding hydrogens is 543 g/mol. The van der Waals surface area contributed by atoms with Crippen molar-refractivity contribution in [3.8, 4) is 5.75 Å². The zero-order valence-electron chi connectivity index (χ0n) is 20.5. The number of benzene rings is 1. The van der Waals surface area contributed by atoms with E-state index in [1.807, 2.05) is 0 Å². The standard InChI is InChI=1S/C20H26F3N5O7S2.2H2/c1-11-16(10-27(26-11)18(22)23)37(32,33)28-9-13(8-24-36(5,30)31)34-17-14(21)6-12(7-15(17)28)25-19(29)35-20(2,3)4;;/h6-7,10,13,18,24H,8-9H2,1-5H3,(H,25,29);2*1H/t13-;;/m0../s1. The molecule has 1 aliphatic heterocycles. The van der Waals surface area contributed by atoms with Crippen LogP contribution in [0.3, 0.4) is 0 Å². The van der Waals surface area contributed by atoms with Crippen LogP contribution < -0.4 is 19.1 Å². The van der Waals surface area contributed by atoms with Crippen molar-refractivity contribution in [3.63, 3.8) is 0 Å². The van der Waals surface area contributed by atoms with Crippen LogP contribution in [-0.4, -0.2) is 63.8 Å². The smallest absolute Gasteiger partial charge is 0.412 e. The van der Waals surface area contributed by atoms with Gasteiger partial charge in [-0.1, -0.05) is 0 Å². The second kappa shape index (κ2) is 10.0. The fraction of sp³-hybridized carbons (Fsp3) is 0.500. The van der Waals surface area contributed by atoms with E-state index in [1.165, 1.54) is 6.92 Å². The number of carbonyl (C=O) groups excluding carboxylic acids is 1. The number of fused-ring (bicyclic) bond motifs is 1. The summed E-state index contributed by atoms with van der Waals surface area (Å²) in [4.78, 5) is 11.6. The van der Waals surface area contributed by atoms with Gasteiger partial charge in [0.05, 0.1) is 30.4 Å². The minimum atomic E-state index is -4.65. The number of nitrogens with zero attached hydrogens (tertiary/aromatic N) is 3. The summed E-state index contributed by atoms with van der Waals surface area (Å²) < 4.78 is 105. The van der Waals surface area contributed by atoms with Gasteiger partial charge in [-0.25, -0.2) is 35.4 Å². The van der Waals surface area contributed by atoms with E-state index < -0.39 is 73.9 Å². The number of hydrogen-bond donors (Lipinski definition) is 2. The second-order valence-corrected chi connectivity index (χ2v) is 12.8. The van der Waals surface area contributed by atoms with E-state index in [2.05, 4.69) is 15.1 Å². The fourth-order valence-electron chi connectivity index (χ4n) is 3.38. The first kappa shape index (κ1) is 28.5. The van der Waals surface area contributed by atoms with Crippen molar-refractivity contribution in [3.05, 3.63) is 29.8 Å². The number of anilines is 2. The van der Waals surface area contributed by atoms with Crippen LogP contribution in [0, 0.1) is 12.7 Å². The van der Waals surface area contributed by atoms with Crippen LogP contribution in [0.5, 0.6) is 5.75 Å². The maximum absolute atomic E-state index is 15.1. The molecule has 2 N–H and O–H groups in total. The number of ether oxygens (including phenoxy) is 2. The van der Waals surface area contributed by atoms with E-state index in [4.69, 9.17) is 9.47 Å². The highest BCUT2D eigenvalue weighted by molar-refractivity contribution is 7.93. The molecule has 210 valence electrons. The Balaban J connectivity index is 0.00000380. The molecule has 0 fully saturated rings. The van der Waals surface area contributed by atoms with Crippen molar-refractivity contribution in [2.75, 3.05) is 29.0 Å². The number of halogens is 3. The van der Waals surface area contributed by atoms with Gasteiger partial charge in [0.2, 0.25) is 10.0 Å². The van der Waals surface area contributed by atoms with Crippen LogP contribution >= 0.6 is 0 Å². The van der Waals surface area contributed by atoms with E-state index in [9.17, 15) is 30.4 Å². The first-order valence-electron chi connectivity index (χ1n) is 10.7. The van der Waals surface area contributed by atoms with E-state index in [0.717, 1.165) is 18.4 Å². The average molecular weight is 574 g/mol. The Morgan fingerprint density at radius 2 is 1.95 bits per heavy atom. The molecule has 2 heterocycles. The second-order valence-electron chi connectivity index (χ2n) is 9.17. The Bertz CT molecular complexity index is 1420. The monoisotopic (exact) mass is 573 g/mol. The van der Waals surface area contributed by atoms with Gasteiger partial charge in [0, 0.05) is 21.2 Å². The van der Waals surface area contributed by atoms with Gasteiger partial charge in [-0.05, 0) is 33.8 Å². The normalized spacial score (nSPS) is 16.4. The third-order valence-corrected chi connectivity index (χ3v) is 7.38. The summed E-state index contributed by atoms with van der Waals surface area (Å²) in [6, 6.07) is 1.97. The van der Waals surface area contributed by atoms with Gasteiger partial charge in [-0.3, -0.25) is 9.62 Å². The highest BCUT2D eigenvalue weighted by Gasteiger charge is 2.39. The van der Waals surface area contributed by atoms with E-state index in [-0.39, 0.29) is 24.6 Å². The molecule has 37 heavy (non-hydrogen) atoms. The SMILES string of the molecule is Cc1nn(C(F)F)cc1S(=O)(=O)N1C[C@H](CNS(C)(=O)=O)Oc2c(F)cc(NC(=O)OC(C)(C)C)cc21.[HH].[HH]. The number of amides is 1. The van der Waals surface area contributed by atoms with Crippen LogP contribution in [0.4, 0.5) is 29.3 Å². The van der Waals surface area contributed by atoms with E-state index in [0.29, 0.717) is 10.5 Å². The quantitative estimate of drug-likeness (QED) is 0.513. The van der Waals surface area contributed by atoms with Gasteiger partial charge in [-0.15, -0.1) is 0 Å². The lowest BCUT2D eigenvalue weighted by Gasteiger charge is -2.35. The van der Waals surface area contributed by atoms with Gasteiger partial charge >= 0.3 is 12.6 Å². The summed E-state index contributed by atoms with van der Waals surface area (Å²) in [5.41, 5.74) is -1.66. The van der Waals surface area contributed by atoms with E-state index in [1.54, 1.807) is 20.8 Å². The summed E-state index contributed by atoms with van der Waals surface area (Å²) in [7, 11) is -8.36. The Labute approximate surface area is 214 Å². The third kappa shape index (κ3) is 6.84. The molecule has 1 aliphatic rings. The first-order chi connectivity index (χ1) is 16.9. The largest absolute Gasteiger partial charge is 0.482 e. The van der Waals surface area contributed by atoms with Crippen LogP contribution in [0.1, 0.15) is 35.9 Å². The lowest BCUT2D eigenvalue weighted by Crippen LogP contribution is -2.48. The van der Waals surface area contributed by atoms with Crippen molar-refractivity contribution in [2.24, 2.45) is 0 Å². The molecule has 2 aromatic rings. The fourth-order valence-corrected chi connectivity index (χ4v) is 5.52. The van der Waals surface area contributed by atoms with Crippen molar-refractivity contribution in [2.45, 2.75) is 50.8 Å². The minimum absolute atomic E-state index is 0. The summed E-state index contributed by atoms with van der Waals surface area (Å²) >= 11 is 0. The molecule has 0 saturated heterocycles. The number of aryl methyl sites for hydroxylation is 1. The lowest BCUT2D eigenvalue weighted by molar-refractivity contribution is 0.0560. The Hall–Kier alpha value is -3.05. The minimum Gasteiger partial charge on any atom is -0.482 e. The number of alkyl halides is 2. The summed E-state index contributed by atoms with van der Waals surface area (Å²) in [5, 5.41) is 5.82. The molecule has 1 aromatic heterocycles. The number of aromatic nitrogens is 2. The molecule has 0 spiro atoms. The maximum Gasteiger partial charge on any atom is 0.412 e. The summed E-state index contributed by atoms with van der Waals surface area (Å²) in [6.45, 7) is 1.96. The lowest BCUT2D eigenvalue weighted by atomic mass is 10.2. The molecule has 1 amide bonds. The van der Waals surface area contributed by atoms with Crippen molar-refractivity contribution in [1.82, 2.24) is 14.5 Å². The molecule has 3 rings (SSSR count). The van der Waals surface area contributed by atoms with Gasteiger partial charge in [-0.2, -0.15) is 13.9 Å². The molecule has 1 aromatic carbocycles. The average Bonchev–Trinajstić information content (AvgIpc) is 3.13. The van der Waals surface area contributed by atoms with Crippen LogP contribution in [0.15, 0.2) is 23.2 Å². The maximum atomic E-state index is 15.1. The Kier molecular flexibility index (Phi) is 7.72. The zero-order valence-corrected chi connectivity index (χ0v) is 22.1. The number of sulfonamides is 2.